The normalized spacial score (nSPS) is 11.3. The number of aliphatic hydroxyl groups excluding tert-OH is 1. The Morgan fingerprint density at radius 2 is 1.80 bits per heavy atom. The third kappa shape index (κ3) is 3.60. The van der Waals surface area contributed by atoms with Gasteiger partial charge in [-0.25, -0.2) is 4.79 Å². The molecule has 0 aliphatic carbocycles. The summed E-state index contributed by atoms with van der Waals surface area (Å²) in [6.07, 6.45) is 1.93. The summed E-state index contributed by atoms with van der Waals surface area (Å²) < 4.78 is 3.04. The first-order valence-electron chi connectivity index (χ1n) is 8.49. The highest BCUT2D eigenvalue weighted by atomic mass is 32.1. The predicted molar refractivity (Wildman–Crippen MR) is 102 cm³/mol. The highest BCUT2D eigenvalue weighted by Crippen LogP contribution is 2.21. The molecule has 2 heterocycles. The number of thiophene rings is 1. The van der Waals surface area contributed by atoms with Crippen molar-refractivity contribution in [2.75, 3.05) is 6.61 Å². The summed E-state index contributed by atoms with van der Waals surface area (Å²) in [4.78, 5) is 26.4. The average Bonchev–Trinajstić information content (AvgIpc) is 3.00. The first-order chi connectivity index (χ1) is 12.1. The van der Waals surface area contributed by atoms with E-state index in [-0.39, 0.29) is 17.9 Å². The Morgan fingerprint density at radius 1 is 1.04 bits per heavy atom. The number of fused-ring (bicyclic) bond motifs is 1. The molecule has 3 aromatic rings. The molecule has 0 fully saturated rings. The van der Waals surface area contributed by atoms with Crippen LogP contribution in [0.3, 0.4) is 0 Å². The predicted octanol–water partition coefficient (Wildman–Crippen LogP) is 2.55. The summed E-state index contributed by atoms with van der Waals surface area (Å²) >= 11 is 1.45. The van der Waals surface area contributed by atoms with Gasteiger partial charge in [0.25, 0.3) is 5.56 Å². The van der Waals surface area contributed by atoms with Gasteiger partial charge in [-0.1, -0.05) is 30.3 Å². The van der Waals surface area contributed by atoms with Crippen LogP contribution in [0.1, 0.15) is 24.0 Å². The Balaban J connectivity index is 2.03. The van der Waals surface area contributed by atoms with Crippen molar-refractivity contribution >= 4 is 21.6 Å². The van der Waals surface area contributed by atoms with Gasteiger partial charge < -0.3 is 5.11 Å². The molecule has 0 bridgehead atoms. The van der Waals surface area contributed by atoms with Crippen LogP contribution in [0.4, 0.5) is 0 Å². The smallest absolute Gasteiger partial charge is 0.332 e. The molecule has 3 rings (SSSR count). The van der Waals surface area contributed by atoms with Crippen LogP contribution >= 0.6 is 11.3 Å². The fourth-order valence-corrected chi connectivity index (χ4v) is 4.07. The summed E-state index contributed by atoms with van der Waals surface area (Å²) in [5.41, 5.74) is 1.60. The van der Waals surface area contributed by atoms with Gasteiger partial charge in [0.1, 0.15) is 4.83 Å². The lowest BCUT2D eigenvalue weighted by atomic mass is 10.1. The van der Waals surface area contributed by atoms with E-state index in [1.807, 2.05) is 42.6 Å². The zero-order chi connectivity index (χ0) is 17.8. The first kappa shape index (κ1) is 17.6. The number of aliphatic hydroxyl groups is 1. The first-order valence-corrected chi connectivity index (χ1v) is 9.37. The van der Waals surface area contributed by atoms with E-state index in [9.17, 15) is 9.59 Å². The molecule has 1 aromatic carbocycles. The summed E-state index contributed by atoms with van der Waals surface area (Å²) in [6.45, 7) is 2.86. The van der Waals surface area contributed by atoms with Crippen molar-refractivity contribution in [3.8, 4) is 0 Å². The molecule has 25 heavy (non-hydrogen) atoms. The average molecular weight is 358 g/mol. The van der Waals surface area contributed by atoms with Crippen LogP contribution in [0.5, 0.6) is 0 Å². The lowest BCUT2D eigenvalue weighted by Crippen LogP contribution is -2.40. The monoisotopic (exact) mass is 358 g/mol. The number of rotatable bonds is 7. The fourth-order valence-electron chi connectivity index (χ4n) is 3.01. The Morgan fingerprint density at radius 3 is 2.52 bits per heavy atom. The van der Waals surface area contributed by atoms with Gasteiger partial charge in [-0.2, -0.15) is 0 Å². The third-order valence-electron chi connectivity index (χ3n) is 4.38. The molecule has 0 atom stereocenters. The largest absolute Gasteiger partial charge is 0.396 e. The van der Waals surface area contributed by atoms with Gasteiger partial charge in [0.05, 0.1) is 5.39 Å². The topological polar surface area (TPSA) is 64.2 Å². The summed E-state index contributed by atoms with van der Waals surface area (Å²) in [5, 5.41) is 11.5. The molecule has 0 saturated heterocycles. The highest BCUT2D eigenvalue weighted by Gasteiger charge is 2.16. The van der Waals surface area contributed by atoms with E-state index in [4.69, 9.17) is 5.11 Å². The van der Waals surface area contributed by atoms with Crippen LogP contribution < -0.4 is 11.2 Å². The number of aromatic nitrogens is 2. The molecule has 0 aliphatic heterocycles. The zero-order valence-corrected chi connectivity index (χ0v) is 15.1. The molecule has 0 radical (unpaired) electrons. The van der Waals surface area contributed by atoms with Gasteiger partial charge in [0.2, 0.25) is 0 Å². The second kappa shape index (κ2) is 7.80. The van der Waals surface area contributed by atoms with E-state index in [1.54, 1.807) is 4.57 Å². The van der Waals surface area contributed by atoms with E-state index in [2.05, 4.69) is 0 Å². The molecule has 6 heteroatoms. The van der Waals surface area contributed by atoms with Gasteiger partial charge in [-0.05, 0) is 42.7 Å². The van der Waals surface area contributed by atoms with Gasteiger partial charge in [0.15, 0.2) is 0 Å². The highest BCUT2D eigenvalue weighted by molar-refractivity contribution is 7.17. The number of unbranched alkanes of at least 4 members (excludes halogenated alkanes) is 1. The molecular formula is C19H22N2O3S. The van der Waals surface area contributed by atoms with Crippen molar-refractivity contribution in [3.05, 3.63) is 67.7 Å². The number of hydrogen-bond acceptors (Lipinski definition) is 4. The Bertz CT molecular complexity index is 970. The standard InChI is InChI=1S/C19H22N2O3S/c1-14-13-25-18-16(14)17(23)20(10-5-6-12-22)19(24)21(18)11-9-15-7-3-2-4-8-15/h2-4,7-8,13,22H,5-6,9-12H2,1H3. The van der Waals surface area contributed by atoms with Crippen LogP contribution in [0.2, 0.25) is 0 Å². The number of benzene rings is 1. The Hall–Kier alpha value is -2.18. The van der Waals surface area contributed by atoms with Crippen molar-refractivity contribution in [1.29, 1.82) is 0 Å². The van der Waals surface area contributed by atoms with E-state index >= 15 is 0 Å². The number of hydrogen-bond donors (Lipinski definition) is 1. The molecule has 132 valence electrons. The van der Waals surface area contributed by atoms with E-state index in [0.717, 1.165) is 22.4 Å². The quantitative estimate of drug-likeness (QED) is 0.660. The second-order valence-electron chi connectivity index (χ2n) is 6.16. The van der Waals surface area contributed by atoms with Crippen LogP contribution in [-0.2, 0) is 19.5 Å². The zero-order valence-electron chi connectivity index (χ0n) is 14.3. The second-order valence-corrected chi connectivity index (χ2v) is 7.01. The minimum atomic E-state index is -0.256. The molecule has 0 amide bonds. The van der Waals surface area contributed by atoms with E-state index < -0.39 is 0 Å². The lowest BCUT2D eigenvalue weighted by Gasteiger charge is -2.12. The molecule has 5 nitrogen and oxygen atoms in total. The van der Waals surface area contributed by atoms with Crippen molar-refractivity contribution < 1.29 is 5.11 Å². The van der Waals surface area contributed by atoms with E-state index in [1.165, 1.54) is 15.9 Å². The molecule has 0 saturated carbocycles. The number of aryl methyl sites for hydroxylation is 3. The van der Waals surface area contributed by atoms with Crippen molar-refractivity contribution in [2.45, 2.75) is 39.3 Å². The maximum atomic E-state index is 12.9. The molecule has 0 spiro atoms. The Labute approximate surface area is 149 Å². The van der Waals surface area contributed by atoms with Crippen molar-refractivity contribution in [1.82, 2.24) is 9.13 Å². The number of nitrogens with zero attached hydrogens (tertiary/aromatic N) is 2. The van der Waals surface area contributed by atoms with Gasteiger partial charge in [-0.3, -0.25) is 13.9 Å². The van der Waals surface area contributed by atoms with Crippen LogP contribution in [0.15, 0.2) is 45.3 Å². The Kier molecular flexibility index (Phi) is 5.50. The van der Waals surface area contributed by atoms with Crippen molar-refractivity contribution in [3.63, 3.8) is 0 Å². The fraction of sp³-hybridized carbons (Fsp3) is 0.368. The van der Waals surface area contributed by atoms with Crippen molar-refractivity contribution in [2.24, 2.45) is 0 Å². The SMILES string of the molecule is Cc1csc2c1c(=O)n(CCCCO)c(=O)n2CCc1ccccc1. The van der Waals surface area contributed by atoms with E-state index in [0.29, 0.717) is 31.3 Å². The van der Waals surface area contributed by atoms with Crippen LogP contribution in [-0.4, -0.2) is 20.8 Å². The van der Waals surface area contributed by atoms with Gasteiger partial charge in [-0.15, -0.1) is 11.3 Å². The molecule has 1 N–H and O–H groups in total. The summed E-state index contributed by atoms with van der Waals surface area (Å²) in [6, 6.07) is 10.0. The lowest BCUT2D eigenvalue weighted by molar-refractivity contribution is 0.280. The maximum absolute atomic E-state index is 12.9. The maximum Gasteiger partial charge on any atom is 0.332 e. The van der Waals surface area contributed by atoms with Gasteiger partial charge >= 0.3 is 5.69 Å². The minimum absolute atomic E-state index is 0.0661. The third-order valence-corrected chi connectivity index (χ3v) is 5.50. The molecule has 2 aromatic heterocycles. The summed E-state index contributed by atoms with van der Waals surface area (Å²) in [5.74, 6) is 0. The van der Waals surface area contributed by atoms with Gasteiger partial charge in [0, 0.05) is 19.7 Å². The van der Waals surface area contributed by atoms with Crippen LogP contribution in [0, 0.1) is 6.92 Å². The minimum Gasteiger partial charge on any atom is -0.396 e. The molecule has 0 unspecified atom stereocenters. The van der Waals surface area contributed by atoms with Crippen LogP contribution in [0.25, 0.3) is 10.2 Å². The molecule has 0 aliphatic rings. The molecular weight excluding hydrogens is 336 g/mol. The summed E-state index contributed by atoms with van der Waals surface area (Å²) in [7, 11) is 0.